The van der Waals surface area contributed by atoms with E-state index in [0.29, 0.717) is 28.3 Å². The molecule has 0 atom stereocenters. The number of carbonyl (C=O) groups excluding carboxylic acids is 2. The van der Waals surface area contributed by atoms with E-state index in [-0.39, 0.29) is 11.8 Å². The van der Waals surface area contributed by atoms with Crippen LogP contribution in [0.5, 0.6) is 0 Å². The molecule has 180 valence electrons. The van der Waals surface area contributed by atoms with Crippen molar-refractivity contribution in [2.24, 2.45) is 14.1 Å². The van der Waals surface area contributed by atoms with Gasteiger partial charge in [-0.05, 0) is 50.2 Å². The molecule has 2 aromatic carbocycles. The van der Waals surface area contributed by atoms with E-state index in [2.05, 4.69) is 20.8 Å². The monoisotopic (exact) mass is 479 g/mol. The summed E-state index contributed by atoms with van der Waals surface area (Å²) in [5.74, 6) is -0.603. The Labute approximate surface area is 207 Å². The zero-order chi connectivity index (χ0) is 25.4. The van der Waals surface area contributed by atoms with Gasteiger partial charge in [-0.3, -0.25) is 19.0 Å². The van der Waals surface area contributed by atoms with Crippen LogP contribution in [-0.4, -0.2) is 36.4 Å². The molecule has 0 aliphatic carbocycles. The molecule has 3 heterocycles. The van der Waals surface area contributed by atoms with E-state index in [1.807, 2.05) is 49.8 Å². The first-order valence-electron chi connectivity index (χ1n) is 11.4. The van der Waals surface area contributed by atoms with E-state index >= 15 is 0 Å². The topological polar surface area (TPSA) is 107 Å². The molecule has 9 nitrogen and oxygen atoms in total. The molecule has 5 rings (SSSR count). The van der Waals surface area contributed by atoms with Gasteiger partial charge in [-0.15, -0.1) is 0 Å². The molecule has 0 saturated heterocycles. The number of pyridine rings is 1. The number of para-hydroxylation sites is 1. The number of hydrogen-bond donors (Lipinski definition) is 2. The fourth-order valence-corrected chi connectivity index (χ4v) is 4.24. The van der Waals surface area contributed by atoms with Crippen molar-refractivity contribution in [3.63, 3.8) is 0 Å². The minimum absolute atomic E-state index is 0.276. The van der Waals surface area contributed by atoms with Crippen LogP contribution < -0.4 is 10.6 Å². The van der Waals surface area contributed by atoms with Crippen molar-refractivity contribution in [3.8, 4) is 11.3 Å². The standard InChI is InChI=1S/C27H25N7O2/c1-16-25(17(2)34(4)31-16)24-15-21(20-10-5-6-11-22(20)30-24)26(35)28-18-8-7-9-19(14-18)29-27(36)23-12-13-33(3)32-23/h5-15H,1-4H3,(H,28,35)(H,29,36). The van der Waals surface area contributed by atoms with Gasteiger partial charge in [0, 0.05) is 48.3 Å². The lowest BCUT2D eigenvalue weighted by Crippen LogP contribution is -2.15. The lowest BCUT2D eigenvalue weighted by Gasteiger charge is -2.12. The van der Waals surface area contributed by atoms with Crippen molar-refractivity contribution in [1.82, 2.24) is 24.5 Å². The SMILES string of the molecule is Cc1nn(C)c(C)c1-c1cc(C(=O)Nc2cccc(NC(=O)c3ccn(C)n3)c2)c2ccccc2n1. The third kappa shape index (κ3) is 4.34. The molecular weight excluding hydrogens is 454 g/mol. The number of aromatic nitrogens is 5. The van der Waals surface area contributed by atoms with E-state index in [4.69, 9.17) is 4.98 Å². The summed E-state index contributed by atoms with van der Waals surface area (Å²) in [6.07, 6.45) is 1.70. The third-order valence-electron chi connectivity index (χ3n) is 6.05. The lowest BCUT2D eigenvalue weighted by molar-refractivity contribution is 0.101. The van der Waals surface area contributed by atoms with E-state index < -0.39 is 0 Å². The highest BCUT2D eigenvalue weighted by Gasteiger charge is 2.19. The Bertz CT molecular complexity index is 1630. The first-order valence-corrected chi connectivity index (χ1v) is 11.4. The Hall–Kier alpha value is -4.79. The normalized spacial score (nSPS) is 11.0. The van der Waals surface area contributed by atoms with Gasteiger partial charge < -0.3 is 10.6 Å². The Kier molecular flexibility index (Phi) is 5.81. The minimum atomic E-state index is -0.328. The second-order valence-electron chi connectivity index (χ2n) is 8.61. The van der Waals surface area contributed by atoms with Crippen molar-refractivity contribution >= 4 is 34.1 Å². The Morgan fingerprint density at radius 2 is 1.56 bits per heavy atom. The van der Waals surface area contributed by atoms with Gasteiger partial charge in [-0.25, -0.2) is 4.98 Å². The Morgan fingerprint density at radius 1 is 0.833 bits per heavy atom. The van der Waals surface area contributed by atoms with Crippen molar-refractivity contribution in [2.45, 2.75) is 13.8 Å². The number of fused-ring (bicyclic) bond motifs is 1. The van der Waals surface area contributed by atoms with E-state index in [9.17, 15) is 9.59 Å². The lowest BCUT2D eigenvalue weighted by atomic mass is 10.0. The summed E-state index contributed by atoms with van der Waals surface area (Å²) in [7, 11) is 3.64. The maximum atomic E-state index is 13.5. The second-order valence-corrected chi connectivity index (χ2v) is 8.61. The van der Waals surface area contributed by atoms with Gasteiger partial charge in [0.2, 0.25) is 0 Å². The number of hydrogen-bond acceptors (Lipinski definition) is 5. The summed E-state index contributed by atoms with van der Waals surface area (Å²) in [6.45, 7) is 3.92. The van der Waals surface area contributed by atoms with Gasteiger partial charge in [-0.1, -0.05) is 24.3 Å². The Balaban J connectivity index is 1.46. The predicted octanol–water partition coefficient (Wildman–Crippen LogP) is 4.49. The van der Waals surface area contributed by atoms with Crippen LogP contribution in [0.4, 0.5) is 11.4 Å². The molecule has 0 radical (unpaired) electrons. The molecule has 0 fully saturated rings. The van der Waals surface area contributed by atoms with Crippen LogP contribution >= 0.6 is 0 Å². The van der Waals surface area contributed by atoms with E-state index in [0.717, 1.165) is 27.9 Å². The number of rotatable bonds is 5. The fraction of sp³-hybridized carbons (Fsp3) is 0.148. The van der Waals surface area contributed by atoms with Gasteiger partial charge in [-0.2, -0.15) is 10.2 Å². The number of anilines is 2. The quantitative estimate of drug-likeness (QED) is 0.386. The van der Waals surface area contributed by atoms with Gasteiger partial charge in [0.25, 0.3) is 11.8 Å². The average Bonchev–Trinajstić information content (AvgIpc) is 3.40. The van der Waals surface area contributed by atoms with E-state index in [1.165, 1.54) is 0 Å². The highest BCUT2D eigenvalue weighted by Crippen LogP contribution is 2.30. The first kappa shape index (κ1) is 23.0. The summed E-state index contributed by atoms with van der Waals surface area (Å²) < 4.78 is 3.37. The van der Waals surface area contributed by atoms with Crippen LogP contribution in [0.25, 0.3) is 22.2 Å². The molecule has 0 unspecified atom stereocenters. The number of amides is 2. The highest BCUT2D eigenvalue weighted by molar-refractivity contribution is 6.13. The molecule has 9 heteroatoms. The summed E-state index contributed by atoms with van der Waals surface area (Å²) in [6, 6.07) is 18.0. The molecule has 2 N–H and O–H groups in total. The van der Waals surface area contributed by atoms with Gasteiger partial charge >= 0.3 is 0 Å². The van der Waals surface area contributed by atoms with Crippen LogP contribution in [0.1, 0.15) is 32.2 Å². The average molecular weight is 480 g/mol. The number of carbonyl (C=O) groups is 2. The van der Waals surface area contributed by atoms with Crippen LogP contribution in [-0.2, 0) is 14.1 Å². The number of nitrogens with zero attached hydrogens (tertiary/aromatic N) is 5. The van der Waals surface area contributed by atoms with Gasteiger partial charge in [0.15, 0.2) is 5.69 Å². The van der Waals surface area contributed by atoms with Crippen molar-refractivity contribution < 1.29 is 9.59 Å². The molecule has 2 amide bonds. The van der Waals surface area contributed by atoms with Crippen molar-refractivity contribution in [1.29, 1.82) is 0 Å². The number of benzene rings is 2. The molecule has 0 bridgehead atoms. The largest absolute Gasteiger partial charge is 0.322 e. The van der Waals surface area contributed by atoms with Gasteiger partial charge in [0.05, 0.1) is 22.5 Å². The third-order valence-corrected chi connectivity index (χ3v) is 6.05. The smallest absolute Gasteiger partial charge is 0.276 e. The first-order chi connectivity index (χ1) is 17.3. The summed E-state index contributed by atoms with van der Waals surface area (Å²) in [5, 5.41) is 15.1. The molecule has 3 aromatic heterocycles. The summed E-state index contributed by atoms with van der Waals surface area (Å²) in [5.41, 5.74) is 6.05. The highest BCUT2D eigenvalue weighted by atomic mass is 16.2. The maximum Gasteiger partial charge on any atom is 0.276 e. The molecule has 36 heavy (non-hydrogen) atoms. The Morgan fingerprint density at radius 3 is 2.22 bits per heavy atom. The van der Waals surface area contributed by atoms with Crippen LogP contribution in [0.3, 0.4) is 0 Å². The molecule has 0 aliphatic heterocycles. The fourth-order valence-electron chi connectivity index (χ4n) is 4.24. The number of aryl methyl sites for hydroxylation is 3. The molecule has 0 spiro atoms. The molecule has 0 aliphatic rings. The van der Waals surface area contributed by atoms with E-state index in [1.54, 1.807) is 54.3 Å². The second kappa shape index (κ2) is 9.10. The zero-order valence-electron chi connectivity index (χ0n) is 20.4. The van der Waals surface area contributed by atoms with Crippen LogP contribution in [0, 0.1) is 13.8 Å². The molecule has 0 saturated carbocycles. The van der Waals surface area contributed by atoms with Gasteiger partial charge in [0.1, 0.15) is 0 Å². The minimum Gasteiger partial charge on any atom is -0.322 e. The summed E-state index contributed by atoms with van der Waals surface area (Å²) >= 11 is 0. The van der Waals surface area contributed by atoms with Crippen LogP contribution in [0.15, 0.2) is 66.9 Å². The van der Waals surface area contributed by atoms with Crippen LogP contribution in [0.2, 0.25) is 0 Å². The summed E-state index contributed by atoms with van der Waals surface area (Å²) in [4.78, 5) is 30.8. The molecule has 5 aromatic rings. The predicted molar refractivity (Wildman–Crippen MR) is 139 cm³/mol. The van der Waals surface area contributed by atoms with Crippen molar-refractivity contribution in [3.05, 3.63) is 89.5 Å². The van der Waals surface area contributed by atoms with Crippen molar-refractivity contribution in [2.75, 3.05) is 10.6 Å². The zero-order valence-corrected chi connectivity index (χ0v) is 20.4. The number of nitrogens with one attached hydrogen (secondary N) is 2. The molecular formula is C27H25N7O2. The maximum absolute atomic E-state index is 13.5.